The summed E-state index contributed by atoms with van der Waals surface area (Å²) in [6.07, 6.45) is 12.8. The van der Waals surface area contributed by atoms with E-state index >= 15 is 0 Å². The molecule has 0 aromatic carbocycles. The predicted molar refractivity (Wildman–Crippen MR) is 76.8 cm³/mol. The molecule has 0 aromatic rings. The van der Waals surface area contributed by atoms with Crippen molar-refractivity contribution < 1.29 is 4.74 Å². The summed E-state index contributed by atoms with van der Waals surface area (Å²) in [6, 6.07) is 0.753. The summed E-state index contributed by atoms with van der Waals surface area (Å²) in [5.41, 5.74) is 0. The summed E-state index contributed by atoms with van der Waals surface area (Å²) in [6.45, 7) is 3.31. The molecule has 2 rings (SSSR count). The SMILES string of the molecule is CCC1CCCC(OCCC2CCCC2NC)C1. The van der Waals surface area contributed by atoms with Gasteiger partial charge < -0.3 is 10.1 Å². The Hall–Kier alpha value is -0.0800. The van der Waals surface area contributed by atoms with Gasteiger partial charge in [-0.15, -0.1) is 0 Å². The Bertz CT molecular complexity index is 231. The molecule has 4 atom stereocenters. The maximum absolute atomic E-state index is 6.14. The van der Waals surface area contributed by atoms with Crippen LogP contribution in [0.5, 0.6) is 0 Å². The summed E-state index contributed by atoms with van der Waals surface area (Å²) in [5, 5.41) is 3.46. The zero-order chi connectivity index (χ0) is 12.8. The Morgan fingerprint density at radius 3 is 2.72 bits per heavy atom. The van der Waals surface area contributed by atoms with Gasteiger partial charge in [-0.25, -0.2) is 0 Å². The first-order valence-electron chi connectivity index (χ1n) is 8.12. The van der Waals surface area contributed by atoms with Crippen molar-refractivity contribution in [3.05, 3.63) is 0 Å². The minimum atomic E-state index is 0.568. The van der Waals surface area contributed by atoms with E-state index in [1.54, 1.807) is 0 Å². The van der Waals surface area contributed by atoms with Crippen molar-refractivity contribution >= 4 is 0 Å². The second kappa shape index (κ2) is 7.49. The van der Waals surface area contributed by atoms with Gasteiger partial charge in [-0.2, -0.15) is 0 Å². The Morgan fingerprint density at radius 2 is 1.94 bits per heavy atom. The summed E-state index contributed by atoms with van der Waals surface area (Å²) in [7, 11) is 2.11. The molecule has 1 N–H and O–H groups in total. The van der Waals surface area contributed by atoms with E-state index in [-0.39, 0.29) is 0 Å². The fourth-order valence-corrected chi connectivity index (χ4v) is 3.91. The molecule has 0 bridgehead atoms. The smallest absolute Gasteiger partial charge is 0.0577 e. The zero-order valence-electron chi connectivity index (χ0n) is 12.3. The molecule has 0 spiro atoms. The van der Waals surface area contributed by atoms with Crippen molar-refractivity contribution in [1.29, 1.82) is 0 Å². The van der Waals surface area contributed by atoms with Crippen LogP contribution in [0.4, 0.5) is 0 Å². The van der Waals surface area contributed by atoms with Crippen molar-refractivity contribution in [2.24, 2.45) is 11.8 Å². The van der Waals surface area contributed by atoms with Gasteiger partial charge in [0.05, 0.1) is 6.10 Å². The van der Waals surface area contributed by atoms with Crippen molar-refractivity contribution in [3.8, 4) is 0 Å². The van der Waals surface area contributed by atoms with Crippen LogP contribution in [0.1, 0.15) is 64.7 Å². The molecule has 18 heavy (non-hydrogen) atoms. The molecular weight excluding hydrogens is 222 g/mol. The molecule has 2 nitrogen and oxygen atoms in total. The van der Waals surface area contributed by atoms with E-state index in [0.717, 1.165) is 24.5 Å². The largest absolute Gasteiger partial charge is 0.378 e. The average molecular weight is 253 g/mol. The predicted octanol–water partition coefficient (Wildman–Crippen LogP) is 3.75. The van der Waals surface area contributed by atoms with Gasteiger partial charge in [0.25, 0.3) is 0 Å². The highest BCUT2D eigenvalue weighted by Gasteiger charge is 2.26. The van der Waals surface area contributed by atoms with Gasteiger partial charge in [-0.05, 0) is 51.0 Å². The molecule has 4 unspecified atom stereocenters. The Morgan fingerprint density at radius 1 is 1.11 bits per heavy atom. The molecule has 0 saturated heterocycles. The second-order valence-electron chi connectivity index (χ2n) is 6.31. The monoisotopic (exact) mass is 253 g/mol. The van der Waals surface area contributed by atoms with Gasteiger partial charge in [0.15, 0.2) is 0 Å². The van der Waals surface area contributed by atoms with Gasteiger partial charge in [0.2, 0.25) is 0 Å². The van der Waals surface area contributed by atoms with E-state index in [0.29, 0.717) is 6.10 Å². The maximum Gasteiger partial charge on any atom is 0.0577 e. The Kier molecular flexibility index (Phi) is 5.97. The van der Waals surface area contributed by atoms with Gasteiger partial charge in [-0.3, -0.25) is 0 Å². The maximum atomic E-state index is 6.14. The van der Waals surface area contributed by atoms with Crippen molar-refractivity contribution in [2.75, 3.05) is 13.7 Å². The van der Waals surface area contributed by atoms with E-state index in [9.17, 15) is 0 Å². The van der Waals surface area contributed by atoms with Gasteiger partial charge in [0, 0.05) is 12.6 Å². The molecule has 0 radical (unpaired) electrons. The van der Waals surface area contributed by atoms with E-state index in [1.165, 1.54) is 57.8 Å². The van der Waals surface area contributed by atoms with Crippen LogP contribution in [-0.4, -0.2) is 25.8 Å². The van der Waals surface area contributed by atoms with Crippen LogP contribution in [0, 0.1) is 11.8 Å². The summed E-state index contributed by atoms with van der Waals surface area (Å²) in [5.74, 6) is 1.79. The zero-order valence-corrected chi connectivity index (χ0v) is 12.3. The average Bonchev–Trinajstić information content (AvgIpc) is 2.86. The van der Waals surface area contributed by atoms with E-state index in [2.05, 4.69) is 19.3 Å². The third-order valence-corrected chi connectivity index (χ3v) is 5.18. The fourth-order valence-electron chi connectivity index (χ4n) is 3.91. The van der Waals surface area contributed by atoms with Crippen molar-refractivity contribution in [2.45, 2.75) is 76.9 Å². The van der Waals surface area contributed by atoms with Crippen molar-refractivity contribution in [3.63, 3.8) is 0 Å². The molecule has 2 saturated carbocycles. The van der Waals surface area contributed by atoms with Crippen LogP contribution in [-0.2, 0) is 4.74 Å². The van der Waals surface area contributed by atoms with Crippen LogP contribution in [0.15, 0.2) is 0 Å². The number of nitrogens with one attached hydrogen (secondary N) is 1. The van der Waals surface area contributed by atoms with Crippen LogP contribution >= 0.6 is 0 Å². The summed E-state index contributed by atoms with van der Waals surface area (Å²) < 4.78 is 6.14. The highest BCUT2D eigenvalue weighted by molar-refractivity contribution is 4.82. The molecule has 2 fully saturated rings. The van der Waals surface area contributed by atoms with E-state index in [1.807, 2.05) is 0 Å². The minimum absolute atomic E-state index is 0.568. The first kappa shape index (κ1) is 14.3. The Balaban J connectivity index is 1.62. The number of hydrogen-bond acceptors (Lipinski definition) is 2. The minimum Gasteiger partial charge on any atom is -0.378 e. The number of rotatable bonds is 6. The van der Waals surface area contributed by atoms with Crippen LogP contribution < -0.4 is 5.32 Å². The lowest BCUT2D eigenvalue weighted by Crippen LogP contribution is -2.30. The highest BCUT2D eigenvalue weighted by atomic mass is 16.5. The number of hydrogen-bond donors (Lipinski definition) is 1. The van der Waals surface area contributed by atoms with Gasteiger partial charge in [-0.1, -0.05) is 32.6 Å². The van der Waals surface area contributed by atoms with Gasteiger partial charge >= 0.3 is 0 Å². The fraction of sp³-hybridized carbons (Fsp3) is 1.00. The molecule has 0 heterocycles. The second-order valence-corrected chi connectivity index (χ2v) is 6.31. The lowest BCUT2D eigenvalue weighted by molar-refractivity contribution is 0.00556. The normalized spacial score (nSPS) is 37.0. The first-order valence-corrected chi connectivity index (χ1v) is 8.12. The third kappa shape index (κ3) is 3.96. The Labute approximate surface area is 113 Å². The standard InChI is InChI=1S/C16H31NO/c1-3-13-6-4-8-15(12-13)18-11-10-14-7-5-9-16(14)17-2/h13-17H,3-12H2,1-2H3. The van der Waals surface area contributed by atoms with Crippen LogP contribution in [0.25, 0.3) is 0 Å². The summed E-state index contributed by atoms with van der Waals surface area (Å²) >= 11 is 0. The molecule has 0 aliphatic heterocycles. The van der Waals surface area contributed by atoms with E-state index in [4.69, 9.17) is 4.74 Å². The molecule has 2 aliphatic rings. The molecular formula is C16H31NO. The van der Waals surface area contributed by atoms with Crippen molar-refractivity contribution in [1.82, 2.24) is 5.32 Å². The lowest BCUT2D eigenvalue weighted by Gasteiger charge is -2.29. The summed E-state index contributed by atoms with van der Waals surface area (Å²) in [4.78, 5) is 0. The van der Waals surface area contributed by atoms with Crippen LogP contribution in [0.3, 0.4) is 0 Å². The molecule has 0 aromatic heterocycles. The highest BCUT2D eigenvalue weighted by Crippen LogP contribution is 2.30. The van der Waals surface area contributed by atoms with Crippen LogP contribution in [0.2, 0.25) is 0 Å². The molecule has 2 aliphatic carbocycles. The van der Waals surface area contributed by atoms with Gasteiger partial charge in [0.1, 0.15) is 0 Å². The van der Waals surface area contributed by atoms with E-state index < -0.39 is 0 Å². The molecule has 0 amide bonds. The first-order chi connectivity index (χ1) is 8.83. The quantitative estimate of drug-likeness (QED) is 0.778. The number of ether oxygens (including phenoxy) is 1. The third-order valence-electron chi connectivity index (χ3n) is 5.18. The molecule has 2 heteroatoms. The topological polar surface area (TPSA) is 21.3 Å². The molecule has 106 valence electrons. The lowest BCUT2D eigenvalue weighted by atomic mass is 9.85.